The van der Waals surface area contributed by atoms with E-state index in [1.165, 1.54) is 24.3 Å². The van der Waals surface area contributed by atoms with Crippen molar-refractivity contribution in [2.24, 2.45) is 20.5 Å². The number of hydrogen-bond donors (Lipinski definition) is 0. The number of aromatic carboxylic acids is 2. The van der Waals surface area contributed by atoms with Gasteiger partial charge in [-0.05, 0) is 50.2 Å². The first-order valence-corrected chi connectivity index (χ1v) is 15.2. The molecule has 0 aliphatic heterocycles. The monoisotopic (exact) mass is 783 g/mol. The second-order valence-electron chi connectivity index (χ2n) is 10.2. The van der Waals surface area contributed by atoms with Crippen molar-refractivity contribution in [1.82, 2.24) is 19.6 Å². The van der Waals surface area contributed by atoms with Crippen LogP contribution in [0, 0.1) is 13.8 Å². The summed E-state index contributed by atoms with van der Waals surface area (Å²) in [6.45, 7) is 3.21. The summed E-state index contributed by atoms with van der Waals surface area (Å²) in [7, 11) is 0. The molecule has 0 N–H and O–H groups in total. The van der Waals surface area contributed by atoms with E-state index in [-0.39, 0.29) is 80.8 Å². The van der Waals surface area contributed by atoms with Gasteiger partial charge in [-0.15, -0.1) is 20.5 Å². The zero-order valence-electron chi connectivity index (χ0n) is 27.4. The predicted octanol–water partition coefficient (Wildman–Crippen LogP) is 2.37. The Labute approximate surface area is 339 Å². The summed E-state index contributed by atoms with van der Waals surface area (Å²) >= 11 is 12.2. The Balaban J connectivity index is 0.000000270. The fourth-order valence-corrected chi connectivity index (χ4v) is 4.91. The van der Waals surface area contributed by atoms with Gasteiger partial charge < -0.3 is 30.0 Å². The average molecular weight is 784 g/mol. The molecule has 0 aliphatic carbocycles. The van der Waals surface area contributed by atoms with Crippen LogP contribution in [0.5, 0.6) is 11.8 Å². The molecule has 1 radical (unpaired) electrons. The number of hydrogen-bond acceptors (Lipinski definition) is 12. The first-order valence-electron chi connectivity index (χ1n) is 14.4. The number of carboxylic acid groups (broad SMARTS) is 2. The summed E-state index contributed by atoms with van der Waals surface area (Å²) in [4.78, 5) is 22.2. The van der Waals surface area contributed by atoms with E-state index in [1.807, 2.05) is 0 Å². The van der Waals surface area contributed by atoms with Crippen LogP contribution in [0.15, 0.2) is 118 Å². The topological polar surface area (TPSA) is 211 Å². The number of azo groups is 2. The van der Waals surface area contributed by atoms with E-state index < -0.39 is 23.7 Å². The standard InChI is InChI=1S/2C17H13ClN4O3.Cr.Na/c2*1-10-15(20-19-13-8-4-2-6-11(13)17(24)25)16(23)22(21-10)14-9-5-3-7-12(14)18;;/h2*2-9,23H,1H3,(H,24,25);;/q;;+3;+1/p-4. The molecule has 6 aromatic rings. The number of rotatable bonds is 8. The predicted molar refractivity (Wildman–Crippen MR) is 175 cm³/mol. The molecule has 0 spiro atoms. The number of benzene rings is 4. The van der Waals surface area contributed by atoms with Crippen LogP contribution in [0.4, 0.5) is 22.7 Å². The van der Waals surface area contributed by atoms with Crippen LogP contribution in [0.25, 0.3) is 11.4 Å². The van der Waals surface area contributed by atoms with Crippen LogP contribution in [-0.4, -0.2) is 31.5 Å². The van der Waals surface area contributed by atoms with Gasteiger partial charge in [-0.2, -0.15) is 10.2 Å². The first-order chi connectivity index (χ1) is 24.0. The minimum Gasteiger partial charge on any atom is -0.857 e. The second-order valence-corrected chi connectivity index (χ2v) is 11.0. The van der Waals surface area contributed by atoms with E-state index in [0.717, 1.165) is 9.36 Å². The third kappa shape index (κ3) is 9.33. The fourth-order valence-electron chi connectivity index (χ4n) is 4.47. The molecule has 2 aromatic heterocycles. The Morgan fingerprint density at radius 1 is 0.577 bits per heavy atom. The molecule has 52 heavy (non-hydrogen) atoms. The number of nitrogens with zero attached hydrogens (tertiary/aromatic N) is 8. The number of halogens is 2. The summed E-state index contributed by atoms with van der Waals surface area (Å²) in [5.74, 6) is -3.75. The molecule has 0 saturated carbocycles. The van der Waals surface area contributed by atoms with Crippen molar-refractivity contribution in [3.8, 4) is 23.1 Å². The van der Waals surface area contributed by atoms with Crippen LogP contribution in [-0.2, 0) is 17.4 Å². The van der Waals surface area contributed by atoms with E-state index in [1.54, 1.807) is 86.6 Å². The van der Waals surface area contributed by atoms with Crippen LogP contribution in [0.3, 0.4) is 0 Å². The molecule has 4 aromatic carbocycles. The maximum absolute atomic E-state index is 12.5. The average Bonchev–Trinajstić information content (AvgIpc) is 3.55. The van der Waals surface area contributed by atoms with E-state index in [9.17, 15) is 30.0 Å². The Hall–Kier alpha value is -4.85. The summed E-state index contributed by atoms with van der Waals surface area (Å²) in [5, 5.41) is 71.8. The summed E-state index contributed by atoms with van der Waals surface area (Å²) in [5.41, 5.74) is 1.51. The molecule has 0 saturated heterocycles. The molecule has 0 unspecified atom stereocenters. The Bertz CT molecular complexity index is 2140. The Morgan fingerprint density at radius 3 is 1.25 bits per heavy atom. The number of aryl methyl sites for hydroxylation is 2. The normalized spacial score (nSPS) is 10.7. The van der Waals surface area contributed by atoms with Crippen LogP contribution >= 0.6 is 23.2 Å². The summed E-state index contributed by atoms with van der Waals surface area (Å²) in [6.07, 6.45) is 0. The molecular formula is C34H22Cl2CrN8NaO6. The molecule has 18 heteroatoms. The van der Waals surface area contributed by atoms with Crippen LogP contribution < -0.4 is 50.0 Å². The van der Waals surface area contributed by atoms with Crippen molar-refractivity contribution in [3.63, 3.8) is 0 Å². The quantitative estimate of drug-likeness (QED) is 0.165. The molecule has 2 heterocycles. The summed E-state index contributed by atoms with van der Waals surface area (Å²) in [6, 6.07) is 25.5. The number of carbonyl (C=O) groups excluding carboxylic acids is 2. The maximum Gasteiger partial charge on any atom is 3.00 e. The molecule has 0 bridgehead atoms. The minimum atomic E-state index is -1.37. The van der Waals surface area contributed by atoms with Gasteiger partial charge in [-0.25, -0.2) is 9.36 Å². The number of aromatic nitrogens is 4. The molecule has 255 valence electrons. The van der Waals surface area contributed by atoms with Crippen molar-refractivity contribution in [3.05, 3.63) is 130 Å². The summed E-state index contributed by atoms with van der Waals surface area (Å²) < 4.78 is 2.27. The van der Waals surface area contributed by atoms with Gasteiger partial charge in [0.15, 0.2) is 0 Å². The first kappa shape index (κ1) is 41.6. The van der Waals surface area contributed by atoms with Gasteiger partial charge in [0, 0.05) is 22.9 Å². The van der Waals surface area contributed by atoms with Gasteiger partial charge in [0.1, 0.15) is 11.4 Å². The Morgan fingerprint density at radius 2 is 0.904 bits per heavy atom. The number of carboxylic acids is 2. The third-order valence-electron chi connectivity index (χ3n) is 6.90. The van der Waals surface area contributed by atoms with E-state index in [4.69, 9.17) is 23.2 Å². The third-order valence-corrected chi connectivity index (χ3v) is 7.54. The van der Waals surface area contributed by atoms with Gasteiger partial charge >= 0.3 is 46.9 Å². The van der Waals surface area contributed by atoms with Crippen molar-refractivity contribution in [2.75, 3.05) is 0 Å². The van der Waals surface area contributed by atoms with Crippen molar-refractivity contribution in [1.29, 1.82) is 0 Å². The van der Waals surface area contributed by atoms with Crippen LogP contribution in [0.2, 0.25) is 10.0 Å². The molecule has 0 amide bonds. The molecule has 0 atom stereocenters. The SMILES string of the molecule is Cc1nn(-c2ccccc2Cl)c([O-])c1N=Nc1ccccc1C(=O)[O-].Cc1nn(-c2ccccc2Cl)c([O-])c1N=Nc1ccccc1C(=O)[O-].[Cr+3].[Na+]. The molecule has 14 nitrogen and oxygen atoms in total. The molecule has 0 aliphatic rings. The van der Waals surface area contributed by atoms with Crippen molar-refractivity contribution >= 4 is 57.9 Å². The maximum atomic E-state index is 12.5. The zero-order chi connectivity index (χ0) is 35.9. The van der Waals surface area contributed by atoms with Crippen molar-refractivity contribution < 1.29 is 76.9 Å². The molecule has 0 fully saturated rings. The van der Waals surface area contributed by atoms with Gasteiger partial charge in [0.05, 0.1) is 56.1 Å². The van der Waals surface area contributed by atoms with E-state index in [0.29, 0.717) is 32.8 Å². The zero-order valence-corrected chi connectivity index (χ0v) is 32.2. The van der Waals surface area contributed by atoms with Crippen molar-refractivity contribution in [2.45, 2.75) is 13.8 Å². The smallest absolute Gasteiger partial charge is 0.857 e. The second kappa shape index (κ2) is 18.6. The largest absolute Gasteiger partial charge is 3.00 e. The minimum absolute atomic E-state index is 0. The van der Waals surface area contributed by atoms with Gasteiger partial charge in [0.25, 0.3) is 0 Å². The Kier molecular flexibility index (Phi) is 14.9. The number of carbonyl (C=O) groups is 2. The number of para-hydroxylation sites is 2. The molecule has 6 rings (SSSR count). The molecular weight excluding hydrogens is 762 g/mol. The van der Waals surface area contributed by atoms with Gasteiger partial charge in [-0.1, -0.05) is 83.9 Å². The van der Waals surface area contributed by atoms with E-state index in [2.05, 4.69) is 30.7 Å². The van der Waals surface area contributed by atoms with Crippen LogP contribution in [0.1, 0.15) is 32.1 Å². The van der Waals surface area contributed by atoms with E-state index >= 15 is 0 Å². The van der Waals surface area contributed by atoms with Gasteiger partial charge in [-0.3, -0.25) is 0 Å². The van der Waals surface area contributed by atoms with Gasteiger partial charge in [0.2, 0.25) is 0 Å². The fraction of sp³-hybridized carbons (Fsp3) is 0.0588.